The molecule has 0 aliphatic carbocycles. The van der Waals surface area contributed by atoms with Crippen LogP contribution in [0.5, 0.6) is 0 Å². The molecule has 0 spiro atoms. The summed E-state index contributed by atoms with van der Waals surface area (Å²) in [5.41, 5.74) is 0.765. The molecule has 10 heteroatoms. The number of rotatable bonds is 5. The predicted octanol–water partition coefficient (Wildman–Crippen LogP) is 3.83. The standard InChI is InChI=1S/C23H25F3N4O2S/c1-15-16(2)33-21-20(15)22(32)30(14-27-21)7-6-19(31)29-10-8-28(9-11-29)13-17-4-3-5-18(12-17)23(24,25)26/h3-5,12,14H,6-11,13H2,1-2H3. The SMILES string of the molecule is Cc1sc2ncn(CCC(=O)N3CCN(Cc4cccc(C(F)(F)F)c4)CC3)c(=O)c2c1C. The molecule has 6 nitrogen and oxygen atoms in total. The summed E-state index contributed by atoms with van der Waals surface area (Å²) in [4.78, 5) is 35.4. The maximum absolute atomic E-state index is 12.9. The van der Waals surface area contributed by atoms with Crippen molar-refractivity contribution in [2.45, 2.75) is 39.5 Å². The fraction of sp³-hybridized carbons (Fsp3) is 0.435. The number of nitrogens with zero attached hydrogens (tertiary/aromatic N) is 4. The first-order chi connectivity index (χ1) is 15.6. The summed E-state index contributed by atoms with van der Waals surface area (Å²) in [5, 5.41) is 0.621. The maximum atomic E-state index is 12.9. The highest BCUT2D eigenvalue weighted by molar-refractivity contribution is 7.18. The Balaban J connectivity index is 1.31. The van der Waals surface area contributed by atoms with Crippen LogP contribution in [0.1, 0.15) is 28.0 Å². The van der Waals surface area contributed by atoms with Crippen LogP contribution in [-0.2, 0) is 24.1 Å². The third kappa shape index (κ3) is 5.11. The van der Waals surface area contributed by atoms with E-state index in [0.717, 1.165) is 21.3 Å². The predicted molar refractivity (Wildman–Crippen MR) is 121 cm³/mol. The Hall–Kier alpha value is -2.72. The van der Waals surface area contributed by atoms with E-state index in [1.807, 2.05) is 18.7 Å². The maximum Gasteiger partial charge on any atom is 0.416 e. The highest BCUT2D eigenvalue weighted by Crippen LogP contribution is 2.30. The first-order valence-corrected chi connectivity index (χ1v) is 11.6. The van der Waals surface area contributed by atoms with E-state index in [1.165, 1.54) is 34.4 Å². The summed E-state index contributed by atoms with van der Waals surface area (Å²) in [5.74, 6) is -0.0427. The second-order valence-electron chi connectivity index (χ2n) is 8.31. The lowest BCUT2D eigenvalue weighted by molar-refractivity contribution is -0.137. The molecule has 0 radical (unpaired) electrons. The summed E-state index contributed by atoms with van der Waals surface area (Å²) >= 11 is 1.49. The van der Waals surface area contributed by atoms with Gasteiger partial charge >= 0.3 is 6.18 Å². The molecule has 2 aromatic heterocycles. The zero-order chi connectivity index (χ0) is 23.8. The number of aromatic nitrogens is 2. The van der Waals surface area contributed by atoms with Crippen LogP contribution in [0.25, 0.3) is 10.2 Å². The number of thiophene rings is 1. The molecule has 0 unspecified atom stereocenters. The summed E-state index contributed by atoms with van der Waals surface area (Å²) in [6.45, 7) is 6.73. The summed E-state index contributed by atoms with van der Waals surface area (Å²) in [6.07, 6.45) is -2.66. The smallest absolute Gasteiger partial charge is 0.340 e. The zero-order valence-corrected chi connectivity index (χ0v) is 19.3. The molecule has 1 saturated heterocycles. The van der Waals surface area contributed by atoms with Gasteiger partial charge in [0.15, 0.2) is 0 Å². The monoisotopic (exact) mass is 478 g/mol. The van der Waals surface area contributed by atoms with Crippen LogP contribution in [0.4, 0.5) is 13.2 Å². The van der Waals surface area contributed by atoms with Gasteiger partial charge in [0.1, 0.15) is 4.83 Å². The highest BCUT2D eigenvalue weighted by Gasteiger charge is 2.30. The number of carbonyl (C=O) groups excluding carboxylic acids is 1. The average molecular weight is 479 g/mol. The van der Waals surface area contributed by atoms with Crippen molar-refractivity contribution in [3.8, 4) is 0 Å². The molecule has 1 fully saturated rings. The Labute approximate surface area is 193 Å². The molecule has 3 heterocycles. The van der Waals surface area contributed by atoms with Crippen molar-refractivity contribution >= 4 is 27.5 Å². The van der Waals surface area contributed by atoms with Crippen LogP contribution in [0.15, 0.2) is 35.4 Å². The van der Waals surface area contributed by atoms with E-state index in [4.69, 9.17) is 0 Å². The van der Waals surface area contributed by atoms with E-state index < -0.39 is 11.7 Å². The van der Waals surface area contributed by atoms with Gasteiger partial charge in [-0.15, -0.1) is 11.3 Å². The van der Waals surface area contributed by atoms with Gasteiger partial charge in [-0.05, 0) is 31.0 Å². The van der Waals surface area contributed by atoms with E-state index in [9.17, 15) is 22.8 Å². The van der Waals surface area contributed by atoms with Gasteiger partial charge in [-0.3, -0.25) is 19.1 Å². The minimum Gasteiger partial charge on any atom is -0.340 e. The molecule has 0 N–H and O–H groups in total. The molecule has 176 valence electrons. The number of piperazine rings is 1. The molecular weight excluding hydrogens is 453 g/mol. The van der Waals surface area contributed by atoms with Gasteiger partial charge in [-0.2, -0.15) is 13.2 Å². The number of amides is 1. The molecule has 1 aromatic carbocycles. The Bertz CT molecular complexity index is 1230. The van der Waals surface area contributed by atoms with E-state index in [0.29, 0.717) is 43.7 Å². The second kappa shape index (κ2) is 9.26. The quantitative estimate of drug-likeness (QED) is 0.559. The number of fused-ring (bicyclic) bond motifs is 1. The fourth-order valence-corrected chi connectivity index (χ4v) is 5.05. The number of hydrogen-bond acceptors (Lipinski definition) is 5. The first kappa shape index (κ1) is 23.4. The van der Waals surface area contributed by atoms with Crippen molar-refractivity contribution in [3.05, 3.63) is 62.5 Å². The van der Waals surface area contributed by atoms with Crippen molar-refractivity contribution in [2.24, 2.45) is 0 Å². The van der Waals surface area contributed by atoms with E-state index in [-0.39, 0.29) is 24.4 Å². The Morgan fingerprint density at radius 2 is 1.88 bits per heavy atom. The third-order valence-electron chi connectivity index (χ3n) is 6.11. The topological polar surface area (TPSA) is 58.4 Å². The first-order valence-electron chi connectivity index (χ1n) is 10.7. The summed E-state index contributed by atoms with van der Waals surface area (Å²) < 4.78 is 40.3. The van der Waals surface area contributed by atoms with E-state index in [1.54, 1.807) is 11.0 Å². The minimum atomic E-state index is -4.36. The van der Waals surface area contributed by atoms with Crippen molar-refractivity contribution < 1.29 is 18.0 Å². The van der Waals surface area contributed by atoms with Gasteiger partial charge in [0.25, 0.3) is 5.56 Å². The number of aryl methyl sites for hydroxylation is 3. The molecule has 33 heavy (non-hydrogen) atoms. The van der Waals surface area contributed by atoms with Crippen LogP contribution in [0, 0.1) is 13.8 Å². The fourth-order valence-electron chi connectivity index (χ4n) is 4.06. The molecule has 1 aliphatic rings. The number of benzene rings is 1. The van der Waals surface area contributed by atoms with Crippen LogP contribution < -0.4 is 5.56 Å². The number of carbonyl (C=O) groups is 1. The molecule has 0 atom stereocenters. The van der Waals surface area contributed by atoms with E-state index >= 15 is 0 Å². The minimum absolute atomic E-state index is 0.0427. The molecule has 4 rings (SSSR count). The average Bonchev–Trinajstić information content (AvgIpc) is 3.07. The largest absolute Gasteiger partial charge is 0.416 e. The number of halogens is 3. The molecule has 3 aromatic rings. The molecule has 0 saturated carbocycles. The summed E-state index contributed by atoms with van der Waals surface area (Å²) in [7, 11) is 0. The van der Waals surface area contributed by atoms with E-state index in [2.05, 4.69) is 4.98 Å². The van der Waals surface area contributed by atoms with Crippen LogP contribution in [-0.4, -0.2) is 51.4 Å². The lowest BCUT2D eigenvalue weighted by Gasteiger charge is -2.35. The molecule has 1 aliphatic heterocycles. The lowest BCUT2D eigenvalue weighted by Crippen LogP contribution is -2.48. The van der Waals surface area contributed by atoms with Gasteiger partial charge in [0.2, 0.25) is 5.91 Å². The normalized spacial score (nSPS) is 15.4. The van der Waals surface area contributed by atoms with Crippen molar-refractivity contribution in [3.63, 3.8) is 0 Å². The van der Waals surface area contributed by atoms with Crippen molar-refractivity contribution in [1.29, 1.82) is 0 Å². The van der Waals surface area contributed by atoms with Gasteiger partial charge in [0, 0.05) is 50.6 Å². The lowest BCUT2D eigenvalue weighted by atomic mass is 10.1. The zero-order valence-electron chi connectivity index (χ0n) is 18.5. The second-order valence-corrected chi connectivity index (χ2v) is 9.51. The Morgan fingerprint density at radius 3 is 2.58 bits per heavy atom. The van der Waals surface area contributed by atoms with Gasteiger partial charge in [0.05, 0.1) is 17.3 Å². The molecule has 1 amide bonds. The van der Waals surface area contributed by atoms with Gasteiger partial charge in [-0.25, -0.2) is 4.98 Å². The highest BCUT2D eigenvalue weighted by atomic mass is 32.1. The number of hydrogen-bond donors (Lipinski definition) is 0. The van der Waals surface area contributed by atoms with Crippen molar-refractivity contribution in [2.75, 3.05) is 26.2 Å². The Morgan fingerprint density at radius 1 is 1.15 bits per heavy atom. The Kier molecular flexibility index (Phi) is 6.58. The third-order valence-corrected chi connectivity index (χ3v) is 7.22. The van der Waals surface area contributed by atoms with Crippen molar-refractivity contribution in [1.82, 2.24) is 19.4 Å². The molecule has 0 bridgehead atoms. The van der Waals surface area contributed by atoms with Crippen LogP contribution in [0.2, 0.25) is 0 Å². The van der Waals surface area contributed by atoms with Gasteiger partial charge < -0.3 is 4.90 Å². The van der Waals surface area contributed by atoms with Crippen LogP contribution in [0.3, 0.4) is 0 Å². The summed E-state index contributed by atoms with van der Waals surface area (Å²) in [6, 6.07) is 5.35. The molecular formula is C23H25F3N4O2S. The van der Waals surface area contributed by atoms with Gasteiger partial charge in [-0.1, -0.05) is 18.2 Å². The number of alkyl halides is 3. The van der Waals surface area contributed by atoms with Crippen LogP contribution >= 0.6 is 11.3 Å².